The lowest BCUT2D eigenvalue weighted by molar-refractivity contribution is -0.115. The van der Waals surface area contributed by atoms with E-state index in [1.807, 2.05) is 13.0 Å². The number of rotatable bonds is 8. The predicted octanol–water partition coefficient (Wildman–Crippen LogP) is 2.08. The molecule has 1 rings (SSSR count). The molecule has 1 amide bonds. The molecule has 0 bridgehead atoms. The molecule has 1 unspecified atom stereocenters. The monoisotopic (exact) mass is 312 g/mol. The van der Waals surface area contributed by atoms with Gasteiger partial charge in [-0.25, -0.2) is 8.42 Å². The Kier molecular flexibility index (Phi) is 6.84. The van der Waals surface area contributed by atoms with Crippen LogP contribution in [-0.2, 0) is 21.2 Å². The minimum Gasteiger partial charge on any atom is -0.326 e. The molecular formula is C15H24N2O3S. The molecule has 0 saturated carbocycles. The van der Waals surface area contributed by atoms with Gasteiger partial charge in [-0.05, 0) is 25.0 Å². The smallest absolute Gasteiger partial charge is 0.242 e. The molecular weight excluding hydrogens is 288 g/mol. The van der Waals surface area contributed by atoms with Gasteiger partial charge in [0.25, 0.3) is 0 Å². The Morgan fingerprint density at radius 2 is 1.95 bits per heavy atom. The zero-order chi connectivity index (χ0) is 15.9. The molecule has 1 aromatic carbocycles. The highest BCUT2D eigenvalue weighted by atomic mass is 32.2. The van der Waals surface area contributed by atoms with E-state index in [4.69, 9.17) is 5.73 Å². The van der Waals surface area contributed by atoms with Gasteiger partial charge in [0.15, 0.2) is 9.84 Å². The van der Waals surface area contributed by atoms with E-state index in [2.05, 4.69) is 5.32 Å². The van der Waals surface area contributed by atoms with Crippen LogP contribution >= 0.6 is 0 Å². The normalized spacial score (nSPS) is 12.9. The van der Waals surface area contributed by atoms with Crippen LogP contribution in [0.4, 0.5) is 5.69 Å². The lowest BCUT2D eigenvalue weighted by Crippen LogP contribution is -2.34. The van der Waals surface area contributed by atoms with Crippen LogP contribution in [0.5, 0.6) is 0 Å². The van der Waals surface area contributed by atoms with Gasteiger partial charge in [0, 0.05) is 12.2 Å². The van der Waals surface area contributed by atoms with Crippen LogP contribution in [0.25, 0.3) is 0 Å². The van der Waals surface area contributed by atoms with Crippen LogP contribution in [0, 0.1) is 0 Å². The van der Waals surface area contributed by atoms with Crippen molar-refractivity contribution in [2.75, 3.05) is 11.1 Å². The maximum Gasteiger partial charge on any atom is 0.242 e. The lowest BCUT2D eigenvalue weighted by atomic mass is 10.2. The summed E-state index contributed by atoms with van der Waals surface area (Å²) in [7, 11) is -3.41. The van der Waals surface area contributed by atoms with Gasteiger partial charge in [-0.1, -0.05) is 38.0 Å². The summed E-state index contributed by atoms with van der Waals surface area (Å²) in [6, 6.07) is 7.12. The van der Waals surface area contributed by atoms with E-state index in [0.717, 1.165) is 18.4 Å². The number of nitrogens with two attached hydrogens (primary N) is 1. The van der Waals surface area contributed by atoms with Crippen molar-refractivity contribution in [1.82, 2.24) is 0 Å². The summed E-state index contributed by atoms with van der Waals surface area (Å²) in [6.07, 6.45) is 2.39. The van der Waals surface area contributed by atoms with Crippen molar-refractivity contribution < 1.29 is 13.2 Å². The number of para-hydroxylation sites is 1. The largest absolute Gasteiger partial charge is 0.326 e. The number of sulfone groups is 1. The van der Waals surface area contributed by atoms with Crippen LogP contribution in [0.15, 0.2) is 24.3 Å². The molecule has 0 aliphatic rings. The molecule has 0 fully saturated rings. The van der Waals surface area contributed by atoms with Crippen LogP contribution in [0.1, 0.15) is 38.7 Å². The molecule has 6 heteroatoms. The van der Waals surface area contributed by atoms with E-state index in [0.29, 0.717) is 12.1 Å². The van der Waals surface area contributed by atoms with E-state index >= 15 is 0 Å². The molecule has 0 radical (unpaired) electrons. The second-order valence-electron chi connectivity index (χ2n) is 5.07. The minimum absolute atomic E-state index is 0.0496. The third kappa shape index (κ3) is 5.13. The number of carbonyl (C=O) groups is 1. The average molecular weight is 312 g/mol. The van der Waals surface area contributed by atoms with Crippen molar-refractivity contribution in [3.8, 4) is 0 Å². The van der Waals surface area contributed by atoms with Crippen molar-refractivity contribution in [1.29, 1.82) is 0 Å². The molecule has 0 aliphatic heterocycles. The molecule has 0 saturated heterocycles. The summed E-state index contributed by atoms with van der Waals surface area (Å²) in [5, 5.41) is 1.60. The van der Waals surface area contributed by atoms with Crippen molar-refractivity contribution >= 4 is 21.4 Å². The quantitative estimate of drug-likeness (QED) is 0.719. The molecule has 1 atom stereocenters. The average Bonchev–Trinajstić information content (AvgIpc) is 2.47. The first-order chi connectivity index (χ1) is 9.92. The van der Waals surface area contributed by atoms with Crippen LogP contribution in [0.3, 0.4) is 0 Å². The summed E-state index contributed by atoms with van der Waals surface area (Å²) in [6.45, 7) is 3.72. The fourth-order valence-electron chi connectivity index (χ4n) is 1.95. The van der Waals surface area contributed by atoms with Crippen molar-refractivity contribution in [3.63, 3.8) is 0 Å². The molecule has 1 aromatic rings. The molecule has 21 heavy (non-hydrogen) atoms. The van der Waals surface area contributed by atoms with E-state index in [-0.39, 0.29) is 12.3 Å². The first-order valence-corrected chi connectivity index (χ1v) is 8.94. The molecule has 3 N–H and O–H groups in total. The number of amides is 1. The molecule has 0 heterocycles. The molecule has 5 nitrogen and oxygen atoms in total. The highest BCUT2D eigenvalue weighted by Crippen LogP contribution is 2.16. The fraction of sp³-hybridized carbons (Fsp3) is 0.533. The summed E-state index contributed by atoms with van der Waals surface area (Å²) >= 11 is 0. The first-order valence-electron chi connectivity index (χ1n) is 7.22. The summed E-state index contributed by atoms with van der Waals surface area (Å²) < 4.78 is 24.2. The third-order valence-electron chi connectivity index (χ3n) is 3.44. The van der Waals surface area contributed by atoms with Crippen molar-refractivity contribution in [3.05, 3.63) is 29.8 Å². The standard InChI is InChI=1S/C15H24N2O3S/c1-3-4-7-10-21(19,20)12(2)15(18)17-14-9-6-5-8-13(14)11-16/h5-6,8-9,12H,3-4,7,10-11,16H2,1-2H3,(H,17,18). The van der Waals surface area contributed by atoms with E-state index in [1.54, 1.807) is 18.2 Å². The number of carbonyl (C=O) groups excluding carboxylic acids is 1. The fourth-order valence-corrected chi connectivity index (χ4v) is 3.29. The number of unbranched alkanes of at least 4 members (excludes halogenated alkanes) is 2. The van der Waals surface area contributed by atoms with Crippen LogP contribution < -0.4 is 11.1 Å². The number of hydrogen-bond acceptors (Lipinski definition) is 4. The van der Waals surface area contributed by atoms with E-state index in [1.165, 1.54) is 6.92 Å². The van der Waals surface area contributed by atoms with E-state index < -0.39 is 21.0 Å². The molecule has 0 spiro atoms. The Hall–Kier alpha value is -1.40. The zero-order valence-corrected chi connectivity index (χ0v) is 13.4. The van der Waals surface area contributed by atoms with Gasteiger partial charge in [0.1, 0.15) is 5.25 Å². The maximum atomic E-state index is 12.1. The van der Waals surface area contributed by atoms with E-state index in [9.17, 15) is 13.2 Å². The summed E-state index contributed by atoms with van der Waals surface area (Å²) in [4.78, 5) is 12.1. The van der Waals surface area contributed by atoms with Crippen molar-refractivity contribution in [2.45, 2.75) is 44.9 Å². The Morgan fingerprint density at radius 3 is 2.57 bits per heavy atom. The Balaban J connectivity index is 2.74. The highest BCUT2D eigenvalue weighted by Gasteiger charge is 2.27. The maximum absolute atomic E-state index is 12.1. The molecule has 118 valence electrons. The van der Waals surface area contributed by atoms with Gasteiger partial charge in [0.05, 0.1) is 5.75 Å². The number of benzene rings is 1. The SMILES string of the molecule is CCCCCS(=O)(=O)C(C)C(=O)Nc1ccccc1CN. The highest BCUT2D eigenvalue weighted by molar-refractivity contribution is 7.92. The summed E-state index contributed by atoms with van der Waals surface area (Å²) in [5.74, 6) is -0.457. The first kappa shape index (κ1) is 17.7. The van der Waals surface area contributed by atoms with Gasteiger partial charge in [-0.2, -0.15) is 0 Å². The lowest BCUT2D eigenvalue weighted by Gasteiger charge is -2.15. The van der Waals surface area contributed by atoms with Gasteiger partial charge in [-0.3, -0.25) is 4.79 Å². The van der Waals surface area contributed by atoms with Crippen LogP contribution in [0.2, 0.25) is 0 Å². The third-order valence-corrected chi connectivity index (χ3v) is 5.58. The van der Waals surface area contributed by atoms with Gasteiger partial charge < -0.3 is 11.1 Å². The number of anilines is 1. The molecule has 0 aliphatic carbocycles. The Morgan fingerprint density at radius 1 is 1.29 bits per heavy atom. The number of hydrogen-bond donors (Lipinski definition) is 2. The second kappa shape index (κ2) is 8.14. The molecule has 0 aromatic heterocycles. The minimum atomic E-state index is -3.41. The Bertz CT molecular complexity index is 570. The Labute approximate surface area is 126 Å². The van der Waals surface area contributed by atoms with Crippen LogP contribution in [-0.4, -0.2) is 25.3 Å². The predicted molar refractivity (Wildman–Crippen MR) is 85.7 cm³/mol. The van der Waals surface area contributed by atoms with Gasteiger partial charge in [0.2, 0.25) is 5.91 Å². The number of nitrogens with one attached hydrogen (secondary N) is 1. The zero-order valence-electron chi connectivity index (χ0n) is 12.6. The second-order valence-corrected chi connectivity index (χ2v) is 7.51. The van der Waals surface area contributed by atoms with Crippen molar-refractivity contribution in [2.24, 2.45) is 5.73 Å². The topological polar surface area (TPSA) is 89.3 Å². The van der Waals surface area contributed by atoms with Gasteiger partial charge >= 0.3 is 0 Å². The summed E-state index contributed by atoms with van der Waals surface area (Å²) in [5.41, 5.74) is 6.95. The van der Waals surface area contributed by atoms with Gasteiger partial charge in [-0.15, -0.1) is 0 Å².